The summed E-state index contributed by atoms with van der Waals surface area (Å²) >= 11 is 1.65. The van der Waals surface area contributed by atoms with Gasteiger partial charge < -0.3 is 5.84 Å². The number of nitrogens with zero attached hydrogens (tertiary/aromatic N) is 3. The van der Waals surface area contributed by atoms with Gasteiger partial charge in [-0.15, -0.1) is 10.2 Å². The van der Waals surface area contributed by atoms with Gasteiger partial charge in [0.2, 0.25) is 5.16 Å². The fourth-order valence-corrected chi connectivity index (χ4v) is 3.03. The summed E-state index contributed by atoms with van der Waals surface area (Å²) in [7, 11) is 0. The van der Waals surface area contributed by atoms with Crippen LogP contribution in [0.25, 0.3) is 0 Å². The maximum absolute atomic E-state index is 6.05. The van der Waals surface area contributed by atoms with E-state index in [9.17, 15) is 0 Å². The molecule has 100 valence electrons. The third-order valence-corrected chi connectivity index (χ3v) is 4.49. The molecule has 1 fully saturated rings. The average molecular weight is 274 g/mol. The van der Waals surface area contributed by atoms with Crippen molar-refractivity contribution >= 4 is 11.8 Å². The van der Waals surface area contributed by atoms with Gasteiger partial charge in [-0.2, -0.15) is 0 Å². The Kier molecular flexibility index (Phi) is 3.22. The number of rotatable bonds is 4. The number of nitrogen functional groups attached to an aromatic ring is 1. The highest BCUT2D eigenvalue weighted by molar-refractivity contribution is 7.98. The quantitative estimate of drug-likeness (QED) is 0.688. The van der Waals surface area contributed by atoms with Crippen molar-refractivity contribution in [3.8, 4) is 0 Å². The normalized spacial score (nSPS) is 14.8. The monoisotopic (exact) mass is 274 g/mol. The number of aromatic nitrogens is 3. The molecule has 5 heteroatoms. The third-order valence-electron chi connectivity index (χ3n) is 3.49. The van der Waals surface area contributed by atoms with Crippen LogP contribution in [-0.2, 0) is 5.75 Å². The van der Waals surface area contributed by atoms with Crippen LogP contribution in [0, 0.1) is 13.8 Å². The van der Waals surface area contributed by atoms with Crippen LogP contribution < -0.4 is 5.84 Å². The molecule has 1 aromatic heterocycles. The molecule has 0 bridgehead atoms. The van der Waals surface area contributed by atoms with Gasteiger partial charge in [0.25, 0.3) is 0 Å². The molecule has 0 atom stereocenters. The molecule has 1 aliphatic carbocycles. The van der Waals surface area contributed by atoms with Crippen molar-refractivity contribution in [3.05, 3.63) is 40.7 Å². The van der Waals surface area contributed by atoms with E-state index in [-0.39, 0.29) is 0 Å². The van der Waals surface area contributed by atoms with Gasteiger partial charge in [0.15, 0.2) is 5.82 Å². The standard InChI is InChI=1S/C14H18N4S/c1-9-3-4-10(2)12(7-9)8-19-14-17-16-13(18(14)15)11-5-6-11/h3-4,7,11H,5-6,8,15H2,1-2H3. The molecule has 0 amide bonds. The molecule has 1 heterocycles. The Hall–Kier alpha value is -1.49. The molecule has 4 nitrogen and oxygen atoms in total. The van der Waals surface area contributed by atoms with Crippen molar-refractivity contribution in [2.24, 2.45) is 0 Å². The molecule has 0 saturated heterocycles. The van der Waals surface area contributed by atoms with Crippen LogP contribution >= 0.6 is 11.8 Å². The number of aryl methyl sites for hydroxylation is 2. The van der Waals surface area contributed by atoms with Crippen molar-refractivity contribution in [3.63, 3.8) is 0 Å². The molecule has 0 unspecified atom stereocenters. The van der Waals surface area contributed by atoms with Crippen LogP contribution in [0.5, 0.6) is 0 Å². The van der Waals surface area contributed by atoms with Crippen molar-refractivity contribution in [1.29, 1.82) is 0 Å². The van der Waals surface area contributed by atoms with Crippen molar-refractivity contribution in [1.82, 2.24) is 14.9 Å². The number of hydrogen-bond acceptors (Lipinski definition) is 4. The summed E-state index contributed by atoms with van der Waals surface area (Å²) in [4.78, 5) is 0. The highest BCUT2D eigenvalue weighted by Gasteiger charge is 2.29. The first-order valence-electron chi connectivity index (χ1n) is 6.54. The molecule has 1 aliphatic rings. The molecule has 2 N–H and O–H groups in total. The van der Waals surface area contributed by atoms with Gasteiger partial charge in [-0.25, -0.2) is 4.68 Å². The highest BCUT2D eigenvalue weighted by Crippen LogP contribution is 2.39. The van der Waals surface area contributed by atoms with E-state index in [0.29, 0.717) is 5.92 Å². The predicted octanol–water partition coefficient (Wildman–Crippen LogP) is 2.78. The van der Waals surface area contributed by atoms with Gasteiger partial charge in [0, 0.05) is 11.7 Å². The Bertz CT molecular complexity index is 601. The first-order chi connectivity index (χ1) is 9.15. The molecule has 0 aliphatic heterocycles. The summed E-state index contributed by atoms with van der Waals surface area (Å²) in [6.07, 6.45) is 2.38. The average Bonchev–Trinajstić information content (AvgIpc) is 3.16. The summed E-state index contributed by atoms with van der Waals surface area (Å²) in [6.45, 7) is 4.25. The van der Waals surface area contributed by atoms with Crippen LogP contribution in [0.15, 0.2) is 23.4 Å². The van der Waals surface area contributed by atoms with E-state index >= 15 is 0 Å². The van der Waals surface area contributed by atoms with Crippen molar-refractivity contribution < 1.29 is 0 Å². The second-order valence-electron chi connectivity index (χ2n) is 5.20. The maximum atomic E-state index is 6.05. The SMILES string of the molecule is Cc1ccc(C)c(CSc2nnc(C3CC3)n2N)c1. The summed E-state index contributed by atoms with van der Waals surface area (Å²) in [5.74, 6) is 8.40. The Morgan fingerprint density at radius 3 is 2.84 bits per heavy atom. The van der Waals surface area contributed by atoms with Crippen molar-refractivity contribution in [2.45, 2.75) is 43.5 Å². The Morgan fingerprint density at radius 2 is 2.11 bits per heavy atom. The smallest absolute Gasteiger partial charge is 0.210 e. The van der Waals surface area contributed by atoms with Gasteiger partial charge in [-0.3, -0.25) is 0 Å². The number of nitrogens with two attached hydrogens (primary N) is 1. The van der Waals surface area contributed by atoms with Gasteiger partial charge in [0.05, 0.1) is 0 Å². The molecule has 2 aromatic rings. The van der Waals surface area contributed by atoms with E-state index in [1.807, 2.05) is 0 Å². The first-order valence-corrected chi connectivity index (χ1v) is 7.53. The van der Waals surface area contributed by atoms with Gasteiger partial charge in [0.1, 0.15) is 0 Å². The summed E-state index contributed by atoms with van der Waals surface area (Å²) in [6, 6.07) is 6.52. The summed E-state index contributed by atoms with van der Waals surface area (Å²) in [5.41, 5.74) is 3.93. The highest BCUT2D eigenvalue weighted by atomic mass is 32.2. The largest absolute Gasteiger partial charge is 0.336 e. The van der Waals surface area contributed by atoms with Crippen LogP contribution in [0.3, 0.4) is 0 Å². The van der Waals surface area contributed by atoms with Gasteiger partial charge >= 0.3 is 0 Å². The van der Waals surface area contributed by atoms with E-state index in [4.69, 9.17) is 5.84 Å². The molecule has 1 aromatic carbocycles. The minimum Gasteiger partial charge on any atom is -0.336 e. The van der Waals surface area contributed by atoms with Crippen LogP contribution in [0.2, 0.25) is 0 Å². The van der Waals surface area contributed by atoms with Gasteiger partial charge in [-0.05, 0) is 37.8 Å². The topological polar surface area (TPSA) is 56.7 Å². The molecule has 19 heavy (non-hydrogen) atoms. The predicted molar refractivity (Wildman–Crippen MR) is 77.6 cm³/mol. The Morgan fingerprint density at radius 1 is 1.32 bits per heavy atom. The minimum absolute atomic E-state index is 0.535. The fourth-order valence-electron chi connectivity index (χ4n) is 2.10. The van der Waals surface area contributed by atoms with E-state index in [1.165, 1.54) is 29.5 Å². The molecule has 3 rings (SSSR count). The molecule has 1 saturated carbocycles. The Labute approximate surface area is 117 Å². The van der Waals surface area contributed by atoms with Gasteiger partial charge in [-0.1, -0.05) is 35.5 Å². The lowest BCUT2D eigenvalue weighted by Gasteiger charge is -2.07. The third kappa shape index (κ3) is 2.61. The molecule has 0 spiro atoms. The molecule has 0 radical (unpaired) electrons. The number of thioether (sulfide) groups is 1. The van der Waals surface area contributed by atoms with Crippen LogP contribution in [-0.4, -0.2) is 14.9 Å². The lowest BCUT2D eigenvalue weighted by molar-refractivity contribution is 0.790. The van der Waals surface area contributed by atoms with Crippen LogP contribution in [0.4, 0.5) is 0 Å². The second-order valence-corrected chi connectivity index (χ2v) is 6.15. The maximum Gasteiger partial charge on any atom is 0.210 e. The Balaban J connectivity index is 1.73. The zero-order valence-corrected chi connectivity index (χ0v) is 12.1. The minimum atomic E-state index is 0.535. The second kappa shape index (κ2) is 4.89. The zero-order chi connectivity index (χ0) is 13.4. The van der Waals surface area contributed by atoms with E-state index < -0.39 is 0 Å². The lowest BCUT2D eigenvalue weighted by atomic mass is 10.1. The van der Waals surface area contributed by atoms with E-state index in [1.54, 1.807) is 16.4 Å². The lowest BCUT2D eigenvalue weighted by Crippen LogP contribution is -2.13. The molecular formula is C14H18N4S. The fraction of sp³-hybridized carbons (Fsp3) is 0.429. The first kappa shape index (κ1) is 12.5. The number of benzene rings is 1. The van der Waals surface area contributed by atoms with E-state index in [2.05, 4.69) is 42.2 Å². The zero-order valence-electron chi connectivity index (χ0n) is 11.3. The van der Waals surface area contributed by atoms with E-state index in [0.717, 1.165) is 16.7 Å². The molecular weight excluding hydrogens is 256 g/mol. The summed E-state index contributed by atoms with van der Waals surface area (Å²) < 4.78 is 1.66. The van der Waals surface area contributed by atoms with Crippen molar-refractivity contribution in [2.75, 3.05) is 5.84 Å². The number of hydrogen-bond donors (Lipinski definition) is 1. The summed E-state index contributed by atoms with van der Waals surface area (Å²) in [5, 5.41) is 9.20. The van der Waals surface area contributed by atoms with Crippen LogP contribution in [0.1, 0.15) is 41.3 Å².